The summed E-state index contributed by atoms with van der Waals surface area (Å²) in [5, 5.41) is 0. The first-order valence-electron chi connectivity index (χ1n) is 5.04. The van der Waals surface area contributed by atoms with Crippen LogP contribution >= 0.6 is 0 Å². The van der Waals surface area contributed by atoms with Crippen molar-refractivity contribution in [2.45, 2.75) is 26.2 Å². The van der Waals surface area contributed by atoms with Gasteiger partial charge >= 0.3 is 0 Å². The minimum atomic E-state index is 1.18. The number of pyridine rings is 1. The number of nitrogens with zero attached hydrogens (tertiary/aromatic N) is 2. The summed E-state index contributed by atoms with van der Waals surface area (Å²) in [6.07, 6.45) is 5.89. The van der Waals surface area contributed by atoms with Gasteiger partial charge in [0.05, 0.1) is 0 Å². The van der Waals surface area contributed by atoms with E-state index in [0.717, 1.165) is 0 Å². The van der Waals surface area contributed by atoms with Crippen molar-refractivity contribution < 1.29 is 0 Å². The zero-order valence-electron chi connectivity index (χ0n) is 8.16. The van der Waals surface area contributed by atoms with Crippen LogP contribution in [0.2, 0.25) is 0 Å². The van der Waals surface area contributed by atoms with E-state index in [9.17, 15) is 0 Å². The molecule has 2 rings (SSSR count). The molecule has 0 saturated carbocycles. The standard InChI is InChI=1S/C11H16N2/c1-10-6-5-7-12-11(10)13-8-3-2-4-9-13/h5-7H,2-4,8-9H2,1H3. The second-order valence-electron chi connectivity index (χ2n) is 3.69. The van der Waals surface area contributed by atoms with Crippen LogP contribution in [0, 0.1) is 6.92 Å². The van der Waals surface area contributed by atoms with E-state index in [1.54, 1.807) is 0 Å². The van der Waals surface area contributed by atoms with E-state index in [4.69, 9.17) is 0 Å². The molecule has 0 aromatic carbocycles. The predicted octanol–water partition coefficient (Wildman–Crippen LogP) is 2.38. The van der Waals surface area contributed by atoms with Crippen molar-refractivity contribution in [2.75, 3.05) is 18.0 Å². The fourth-order valence-corrected chi connectivity index (χ4v) is 1.91. The Hall–Kier alpha value is -1.05. The van der Waals surface area contributed by atoms with E-state index in [2.05, 4.69) is 22.9 Å². The molecule has 0 amide bonds. The van der Waals surface area contributed by atoms with Gasteiger partial charge in [0.1, 0.15) is 5.82 Å². The Morgan fingerprint density at radius 2 is 2.00 bits per heavy atom. The maximum absolute atomic E-state index is 4.43. The fourth-order valence-electron chi connectivity index (χ4n) is 1.91. The summed E-state index contributed by atoms with van der Waals surface area (Å²) in [4.78, 5) is 6.83. The second kappa shape index (κ2) is 3.77. The molecule has 1 saturated heterocycles. The summed E-state index contributed by atoms with van der Waals surface area (Å²) < 4.78 is 0. The Kier molecular flexibility index (Phi) is 2.48. The van der Waals surface area contributed by atoms with E-state index < -0.39 is 0 Å². The molecule has 1 fully saturated rings. The van der Waals surface area contributed by atoms with Gasteiger partial charge in [-0.1, -0.05) is 6.07 Å². The first-order chi connectivity index (χ1) is 6.38. The Labute approximate surface area is 79.6 Å². The van der Waals surface area contributed by atoms with Crippen LogP contribution in [0.4, 0.5) is 5.82 Å². The fraction of sp³-hybridized carbons (Fsp3) is 0.545. The lowest BCUT2D eigenvalue weighted by Crippen LogP contribution is -2.30. The van der Waals surface area contributed by atoms with E-state index in [1.165, 1.54) is 43.7 Å². The number of hydrogen-bond acceptors (Lipinski definition) is 2. The number of aromatic nitrogens is 1. The van der Waals surface area contributed by atoms with Crippen LogP contribution in [0.1, 0.15) is 24.8 Å². The molecule has 2 heterocycles. The van der Waals surface area contributed by atoms with Gasteiger partial charge in [0.2, 0.25) is 0 Å². The molecule has 1 aromatic heterocycles. The number of anilines is 1. The molecule has 1 aliphatic heterocycles. The Morgan fingerprint density at radius 1 is 1.23 bits per heavy atom. The van der Waals surface area contributed by atoms with Gasteiger partial charge in [0.15, 0.2) is 0 Å². The second-order valence-corrected chi connectivity index (χ2v) is 3.69. The normalized spacial score (nSPS) is 17.5. The molecule has 70 valence electrons. The lowest BCUT2D eigenvalue weighted by molar-refractivity contribution is 0.572. The predicted molar refractivity (Wildman–Crippen MR) is 55.0 cm³/mol. The maximum atomic E-state index is 4.43. The molecule has 1 aromatic rings. The molecule has 0 N–H and O–H groups in total. The van der Waals surface area contributed by atoms with Crippen LogP contribution in [-0.2, 0) is 0 Å². The summed E-state index contributed by atoms with van der Waals surface area (Å²) in [6.45, 7) is 4.49. The van der Waals surface area contributed by atoms with Crippen molar-refractivity contribution in [1.82, 2.24) is 4.98 Å². The molecule has 0 unspecified atom stereocenters. The van der Waals surface area contributed by atoms with Crippen LogP contribution in [-0.4, -0.2) is 18.1 Å². The highest BCUT2D eigenvalue weighted by atomic mass is 15.2. The highest BCUT2D eigenvalue weighted by Gasteiger charge is 2.12. The zero-order valence-corrected chi connectivity index (χ0v) is 8.16. The van der Waals surface area contributed by atoms with Gasteiger partial charge in [-0.3, -0.25) is 0 Å². The first-order valence-corrected chi connectivity index (χ1v) is 5.04. The number of piperidine rings is 1. The Bertz CT molecular complexity index is 277. The topological polar surface area (TPSA) is 16.1 Å². The van der Waals surface area contributed by atoms with Gasteiger partial charge in [-0.2, -0.15) is 0 Å². The molecule has 1 aliphatic rings. The maximum Gasteiger partial charge on any atom is 0.131 e. The van der Waals surface area contributed by atoms with Crippen LogP contribution in [0.3, 0.4) is 0 Å². The molecule has 0 aliphatic carbocycles. The van der Waals surface area contributed by atoms with Crippen LogP contribution < -0.4 is 4.90 Å². The van der Waals surface area contributed by atoms with Crippen molar-refractivity contribution in [3.8, 4) is 0 Å². The van der Waals surface area contributed by atoms with Crippen LogP contribution in [0.25, 0.3) is 0 Å². The third-order valence-corrected chi connectivity index (χ3v) is 2.64. The van der Waals surface area contributed by atoms with Crippen LogP contribution in [0.15, 0.2) is 18.3 Å². The van der Waals surface area contributed by atoms with Crippen molar-refractivity contribution in [1.29, 1.82) is 0 Å². The van der Waals surface area contributed by atoms with E-state index in [0.29, 0.717) is 0 Å². The van der Waals surface area contributed by atoms with Crippen molar-refractivity contribution in [3.63, 3.8) is 0 Å². The van der Waals surface area contributed by atoms with Crippen molar-refractivity contribution >= 4 is 5.82 Å². The van der Waals surface area contributed by atoms with Gasteiger partial charge in [-0.25, -0.2) is 4.98 Å². The van der Waals surface area contributed by atoms with Crippen LogP contribution in [0.5, 0.6) is 0 Å². The number of hydrogen-bond donors (Lipinski definition) is 0. The SMILES string of the molecule is Cc1cccnc1N1CCCCC1. The van der Waals surface area contributed by atoms with Crippen molar-refractivity contribution in [3.05, 3.63) is 23.9 Å². The summed E-state index contributed by atoms with van der Waals surface area (Å²) in [6, 6.07) is 4.14. The Balaban J connectivity index is 2.18. The summed E-state index contributed by atoms with van der Waals surface area (Å²) in [5.74, 6) is 1.18. The van der Waals surface area contributed by atoms with Gasteiger partial charge in [0, 0.05) is 19.3 Å². The third-order valence-electron chi connectivity index (χ3n) is 2.64. The molecule has 0 spiro atoms. The molecule has 0 atom stereocenters. The Morgan fingerprint density at radius 3 is 2.69 bits per heavy atom. The van der Waals surface area contributed by atoms with Gasteiger partial charge in [0.25, 0.3) is 0 Å². The third kappa shape index (κ3) is 1.82. The van der Waals surface area contributed by atoms with E-state index in [-0.39, 0.29) is 0 Å². The number of aryl methyl sites for hydroxylation is 1. The molecule has 2 heteroatoms. The molecule has 13 heavy (non-hydrogen) atoms. The van der Waals surface area contributed by atoms with E-state index in [1.807, 2.05) is 12.3 Å². The first kappa shape index (κ1) is 8.54. The monoisotopic (exact) mass is 176 g/mol. The lowest BCUT2D eigenvalue weighted by atomic mass is 10.1. The average Bonchev–Trinajstić information content (AvgIpc) is 2.20. The smallest absolute Gasteiger partial charge is 0.131 e. The summed E-state index contributed by atoms with van der Waals surface area (Å²) in [5.41, 5.74) is 1.30. The molecule has 0 bridgehead atoms. The molecule has 2 nitrogen and oxygen atoms in total. The van der Waals surface area contributed by atoms with E-state index >= 15 is 0 Å². The number of rotatable bonds is 1. The quantitative estimate of drug-likeness (QED) is 0.653. The van der Waals surface area contributed by atoms with Crippen molar-refractivity contribution in [2.24, 2.45) is 0 Å². The van der Waals surface area contributed by atoms with Gasteiger partial charge < -0.3 is 4.90 Å². The minimum Gasteiger partial charge on any atom is -0.356 e. The largest absolute Gasteiger partial charge is 0.356 e. The summed E-state index contributed by atoms with van der Waals surface area (Å²) >= 11 is 0. The van der Waals surface area contributed by atoms with Gasteiger partial charge in [-0.15, -0.1) is 0 Å². The highest BCUT2D eigenvalue weighted by Crippen LogP contribution is 2.20. The molecular weight excluding hydrogens is 160 g/mol. The minimum absolute atomic E-state index is 1.18. The molecule has 0 radical (unpaired) electrons. The van der Waals surface area contributed by atoms with Gasteiger partial charge in [-0.05, 0) is 37.8 Å². The average molecular weight is 176 g/mol. The summed E-state index contributed by atoms with van der Waals surface area (Å²) in [7, 11) is 0. The highest BCUT2D eigenvalue weighted by molar-refractivity contribution is 5.45. The lowest BCUT2D eigenvalue weighted by Gasteiger charge is -2.28. The molecular formula is C11H16N2. The zero-order chi connectivity index (χ0) is 9.10.